The van der Waals surface area contributed by atoms with E-state index >= 15 is 0 Å². The molecule has 4 rings (SSSR count). The molecule has 146 valence electrons. The monoisotopic (exact) mass is 405 g/mol. The van der Waals surface area contributed by atoms with Gasteiger partial charge in [0.1, 0.15) is 6.61 Å². The minimum atomic E-state index is -0.407. The lowest BCUT2D eigenvalue weighted by Gasteiger charge is -2.14. The molecule has 0 spiro atoms. The average molecular weight is 406 g/mol. The van der Waals surface area contributed by atoms with E-state index in [1.807, 2.05) is 36.4 Å². The Morgan fingerprint density at radius 3 is 2.31 bits per heavy atom. The summed E-state index contributed by atoms with van der Waals surface area (Å²) in [5.74, 6) is 0.0675. The highest BCUT2D eigenvalue weighted by Gasteiger charge is 2.28. The molecule has 1 heterocycles. The molecule has 0 radical (unpaired) electrons. The number of benzene rings is 2. The van der Waals surface area contributed by atoms with Gasteiger partial charge >= 0.3 is 6.09 Å². The molecule has 0 atom stereocenters. The summed E-state index contributed by atoms with van der Waals surface area (Å²) in [4.78, 5) is 19.9. The van der Waals surface area contributed by atoms with Crippen molar-refractivity contribution < 1.29 is 9.53 Å². The number of nitrogens with zero attached hydrogens (tertiary/aromatic N) is 2. The minimum Gasteiger partial charge on any atom is -0.449 e. The van der Waals surface area contributed by atoms with Gasteiger partial charge in [-0.2, -0.15) is 0 Å². The van der Waals surface area contributed by atoms with Gasteiger partial charge in [-0.05, 0) is 40.3 Å². The van der Waals surface area contributed by atoms with Crippen LogP contribution in [0.3, 0.4) is 0 Å². The van der Waals surface area contributed by atoms with Crippen molar-refractivity contribution in [1.29, 1.82) is 0 Å². The number of hydrogen-bond donors (Lipinski definition) is 1. The van der Waals surface area contributed by atoms with Crippen LogP contribution in [0.4, 0.5) is 4.79 Å². The van der Waals surface area contributed by atoms with E-state index in [1.54, 1.807) is 12.4 Å². The van der Waals surface area contributed by atoms with Crippen molar-refractivity contribution in [1.82, 2.24) is 15.3 Å². The molecule has 0 saturated carbocycles. The molecular formula is C23H20ClN3O2. The smallest absolute Gasteiger partial charge is 0.407 e. The second kappa shape index (κ2) is 8.88. The SMILES string of the molecule is O=C(NCCC=Cc1cnc(Cl)nc1)OCC1c2ccccc2-c2ccccc21. The fraction of sp³-hybridized carbons (Fsp3) is 0.174. The fourth-order valence-electron chi connectivity index (χ4n) is 3.53. The molecule has 1 aliphatic carbocycles. The lowest BCUT2D eigenvalue weighted by Crippen LogP contribution is -2.26. The van der Waals surface area contributed by atoms with Crippen molar-refractivity contribution in [2.45, 2.75) is 12.3 Å². The molecule has 2 aromatic carbocycles. The highest BCUT2D eigenvalue weighted by molar-refractivity contribution is 6.28. The molecule has 1 aliphatic rings. The average Bonchev–Trinajstić information content (AvgIpc) is 3.07. The molecule has 1 aromatic heterocycles. The van der Waals surface area contributed by atoms with Gasteiger partial charge in [-0.15, -0.1) is 0 Å². The summed E-state index contributed by atoms with van der Waals surface area (Å²) in [6, 6.07) is 16.6. The molecule has 1 amide bonds. The maximum Gasteiger partial charge on any atom is 0.407 e. The van der Waals surface area contributed by atoms with Crippen molar-refractivity contribution in [3.63, 3.8) is 0 Å². The van der Waals surface area contributed by atoms with Crippen LogP contribution in [0.2, 0.25) is 5.28 Å². The van der Waals surface area contributed by atoms with Gasteiger partial charge in [0.15, 0.2) is 0 Å². The number of rotatable bonds is 6. The second-order valence-electron chi connectivity index (χ2n) is 6.73. The van der Waals surface area contributed by atoms with Crippen molar-refractivity contribution >= 4 is 23.8 Å². The highest BCUT2D eigenvalue weighted by atomic mass is 35.5. The third-order valence-electron chi connectivity index (χ3n) is 4.87. The molecule has 0 bridgehead atoms. The Hall–Kier alpha value is -3.18. The maximum absolute atomic E-state index is 12.1. The van der Waals surface area contributed by atoms with Gasteiger partial charge in [-0.1, -0.05) is 60.7 Å². The van der Waals surface area contributed by atoms with Crippen LogP contribution in [-0.4, -0.2) is 29.2 Å². The van der Waals surface area contributed by atoms with E-state index in [0.717, 1.165) is 5.56 Å². The predicted octanol–water partition coefficient (Wildman–Crippen LogP) is 5.07. The standard InChI is InChI=1S/C23H20ClN3O2/c24-22-26-13-16(14-27-22)7-5-6-12-25-23(28)29-15-21-19-10-3-1-8-17(19)18-9-2-4-11-20(18)21/h1-5,7-11,13-14,21H,6,12,15H2,(H,25,28). The van der Waals surface area contributed by atoms with Crippen LogP contribution in [0.1, 0.15) is 29.0 Å². The summed E-state index contributed by atoms with van der Waals surface area (Å²) in [6.45, 7) is 0.805. The van der Waals surface area contributed by atoms with Gasteiger partial charge in [-0.3, -0.25) is 0 Å². The van der Waals surface area contributed by atoms with Crippen LogP contribution in [0, 0.1) is 0 Å². The zero-order valence-corrected chi connectivity index (χ0v) is 16.5. The van der Waals surface area contributed by atoms with Crippen LogP contribution in [-0.2, 0) is 4.74 Å². The normalized spacial score (nSPS) is 12.6. The van der Waals surface area contributed by atoms with Crippen LogP contribution in [0.5, 0.6) is 0 Å². The maximum atomic E-state index is 12.1. The van der Waals surface area contributed by atoms with E-state index in [-0.39, 0.29) is 11.2 Å². The third-order valence-corrected chi connectivity index (χ3v) is 5.07. The zero-order chi connectivity index (χ0) is 20.1. The van der Waals surface area contributed by atoms with E-state index in [4.69, 9.17) is 16.3 Å². The number of fused-ring (bicyclic) bond motifs is 3. The molecule has 29 heavy (non-hydrogen) atoms. The number of alkyl carbamates (subject to hydrolysis) is 1. The molecule has 1 N–H and O–H groups in total. The number of halogens is 1. The van der Waals surface area contributed by atoms with Gasteiger partial charge in [0.2, 0.25) is 5.28 Å². The van der Waals surface area contributed by atoms with E-state index < -0.39 is 6.09 Å². The van der Waals surface area contributed by atoms with Crippen molar-refractivity contribution in [2.24, 2.45) is 0 Å². The number of ether oxygens (including phenoxy) is 1. The van der Waals surface area contributed by atoms with Gasteiger partial charge in [0.25, 0.3) is 0 Å². The van der Waals surface area contributed by atoms with Gasteiger partial charge in [-0.25, -0.2) is 14.8 Å². The molecule has 0 saturated heterocycles. The highest BCUT2D eigenvalue weighted by Crippen LogP contribution is 2.44. The summed E-state index contributed by atoms with van der Waals surface area (Å²) >= 11 is 5.66. The van der Waals surface area contributed by atoms with E-state index in [1.165, 1.54) is 22.3 Å². The molecule has 3 aromatic rings. The summed E-state index contributed by atoms with van der Waals surface area (Å²) in [5.41, 5.74) is 5.70. The zero-order valence-electron chi connectivity index (χ0n) is 15.7. The van der Waals surface area contributed by atoms with Crippen molar-refractivity contribution in [3.8, 4) is 11.1 Å². The first-order valence-corrected chi connectivity index (χ1v) is 9.83. The largest absolute Gasteiger partial charge is 0.449 e. The summed E-state index contributed by atoms with van der Waals surface area (Å²) in [5, 5.41) is 3.01. The van der Waals surface area contributed by atoms with Crippen LogP contribution >= 0.6 is 11.6 Å². The first-order valence-electron chi connectivity index (χ1n) is 9.45. The van der Waals surface area contributed by atoms with E-state index in [0.29, 0.717) is 19.6 Å². The van der Waals surface area contributed by atoms with Crippen LogP contribution in [0.15, 0.2) is 67.0 Å². The quantitative estimate of drug-likeness (QED) is 0.459. The van der Waals surface area contributed by atoms with Gasteiger partial charge in [0.05, 0.1) is 0 Å². The number of carbonyl (C=O) groups is 1. The number of nitrogens with one attached hydrogen (secondary N) is 1. The molecule has 6 heteroatoms. The number of hydrogen-bond acceptors (Lipinski definition) is 4. The Labute approximate surface area is 174 Å². The Balaban J connectivity index is 1.27. The molecule has 0 aliphatic heterocycles. The lowest BCUT2D eigenvalue weighted by molar-refractivity contribution is 0.143. The number of carbonyl (C=O) groups excluding carboxylic acids is 1. The summed E-state index contributed by atoms with van der Waals surface area (Å²) in [7, 11) is 0. The Morgan fingerprint density at radius 2 is 1.66 bits per heavy atom. The van der Waals surface area contributed by atoms with Crippen LogP contribution in [0.25, 0.3) is 17.2 Å². The molecule has 0 fully saturated rings. The fourth-order valence-corrected chi connectivity index (χ4v) is 3.63. The molecule has 0 unspecified atom stereocenters. The van der Waals surface area contributed by atoms with Gasteiger partial charge < -0.3 is 10.1 Å². The first kappa shape index (κ1) is 19.2. The lowest BCUT2D eigenvalue weighted by atomic mass is 9.98. The van der Waals surface area contributed by atoms with E-state index in [9.17, 15) is 4.79 Å². The first-order chi connectivity index (χ1) is 14.2. The summed E-state index contributed by atoms with van der Waals surface area (Å²) < 4.78 is 5.51. The topological polar surface area (TPSA) is 64.1 Å². The summed E-state index contributed by atoms with van der Waals surface area (Å²) in [6.07, 6.45) is 7.38. The van der Waals surface area contributed by atoms with Crippen molar-refractivity contribution in [2.75, 3.05) is 13.2 Å². The number of aromatic nitrogens is 2. The second-order valence-corrected chi connectivity index (χ2v) is 7.07. The van der Waals surface area contributed by atoms with Gasteiger partial charge in [0, 0.05) is 30.4 Å². The van der Waals surface area contributed by atoms with Crippen molar-refractivity contribution in [3.05, 3.63) is 89.0 Å². The van der Waals surface area contributed by atoms with E-state index in [2.05, 4.69) is 39.6 Å². The predicted molar refractivity (Wildman–Crippen MR) is 114 cm³/mol. The molecule has 5 nitrogen and oxygen atoms in total. The Morgan fingerprint density at radius 1 is 1.03 bits per heavy atom. The van der Waals surface area contributed by atoms with Crippen LogP contribution < -0.4 is 5.32 Å². The Kier molecular flexibility index (Phi) is 5.86. The Bertz CT molecular complexity index is 989. The number of amides is 1. The molecular weight excluding hydrogens is 386 g/mol. The minimum absolute atomic E-state index is 0.0675. The third kappa shape index (κ3) is 4.46.